The maximum absolute atomic E-state index is 15.1. The van der Waals surface area contributed by atoms with Crippen molar-refractivity contribution in [2.45, 2.75) is 62.1 Å². The number of alkyl halides is 1. The lowest BCUT2D eigenvalue weighted by Crippen LogP contribution is -2.48. The maximum Gasteiger partial charge on any atom is 0.243 e. The first-order valence-corrected chi connectivity index (χ1v) is 15.4. The molecule has 38 heavy (non-hydrogen) atoms. The Kier molecular flexibility index (Phi) is 8.14. The fourth-order valence-electron chi connectivity index (χ4n) is 5.16. The molecule has 7 nitrogen and oxygen atoms in total. The van der Waals surface area contributed by atoms with Crippen molar-refractivity contribution in [2.75, 3.05) is 26.8 Å². The second-order valence-electron chi connectivity index (χ2n) is 10.8. The molecule has 0 bridgehead atoms. The zero-order valence-electron chi connectivity index (χ0n) is 21.3. The number of nitrogens with zero attached hydrogens (tertiary/aromatic N) is 1. The minimum absolute atomic E-state index is 0.189. The van der Waals surface area contributed by atoms with Gasteiger partial charge in [0, 0.05) is 36.8 Å². The van der Waals surface area contributed by atoms with E-state index in [1.165, 1.54) is 6.08 Å². The molecule has 0 radical (unpaired) electrons. The van der Waals surface area contributed by atoms with E-state index in [1.807, 2.05) is 12.1 Å². The SMILES string of the molecule is COC1(COC2=CC(F)C(C(=O)NS(=O)(=O)C3CC3)C=C2C2CC2)CCN(Cc2cc(Cl)cc(Cl)c2)CC1. The van der Waals surface area contributed by atoms with Crippen LogP contribution in [0, 0.1) is 11.8 Å². The van der Waals surface area contributed by atoms with Gasteiger partial charge in [0.2, 0.25) is 15.9 Å². The molecule has 4 aliphatic rings. The van der Waals surface area contributed by atoms with Crippen LogP contribution in [0.1, 0.15) is 44.1 Å². The van der Waals surface area contributed by atoms with Crippen LogP contribution < -0.4 is 4.72 Å². The first kappa shape index (κ1) is 27.9. The summed E-state index contributed by atoms with van der Waals surface area (Å²) in [5, 5.41) is 0.675. The number of halogens is 3. The molecule has 3 fully saturated rings. The van der Waals surface area contributed by atoms with Gasteiger partial charge < -0.3 is 9.47 Å². The quantitative estimate of drug-likeness (QED) is 0.424. The molecule has 2 unspecified atom stereocenters. The second kappa shape index (κ2) is 11.1. The third-order valence-electron chi connectivity index (χ3n) is 7.84. The van der Waals surface area contributed by atoms with Crippen LogP contribution in [-0.2, 0) is 30.8 Å². The Hall–Kier alpha value is -1.65. The topological polar surface area (TPSA) is 84.9 Å². The van der Waals surface area contributed by atoms with Crippen molar-refractivity contribution in [3.8, 4) is 0 Å². The number of likely N-dealkylation sites (tertiary alicyclic amines) is 1. The second-order valence-corrected chi connectivity index (χ2v) is 13.7. The van der Waals surface area contributed by atoms with E-state index in [-0.39, 0.29) is 12.5 Å². The summed E-state index contributed by atoms with van der Waals surface area (Å²) in [4.78, 5) is 15.0. The molecule has 3 aliphatic carbocycles. The molecule has 1 aromatic carbocycles. The van der Waals surface area contributed by atoms with Gasteiger partial charge >= 0.3 is 0 Å². The van der Waals surface area contributed by atoms with E-state index >= 15 is 4.39 Å². The Morgan fingerprint density at radius 1 is 1.11 bits per heavy atom. The number of allylic oxidation sites excluding steroid dienone is 2. The predicted molar refractivity (Wildman–Crippen MR) is 144 cm³/mol. The highest BCUT2D eigenvalue weighted by Gasteiger charge is 2.42. The van der Waals surface area contributed by atoms with E-state index in [0.717, 1.165) is 56.5 Å². The Bertz CT molecular complexity index is 1220. The number of hydrogen-bond donors (Lipinski definition) is 1. The molecule has 1 aromatic rings. The Labute approximate surface area is 233 Å². The van der Waals surface area contributed by atoms with Gasteiger partial charge in [0.15, 0.2) is 0 Å². The number of benzene rings is 1. The number of carbonyl (C=O) groups is 1. The van der Waals surface area contributed by atoms with Crippen molar-refractivity contribution >= 4 is 39.1 Å². The number of sulfonamides is 1. The summed E-state index contributed by atoms with van der Waals surface area (Å²) in [6.07, 6.45) is 5.59. The highest BCUT2D eigenvalue weighted by molar-refractivity contribution is 7.90. The summed E-state index contributed by atoms with van der Waals surface area (Å²) in [5.74, 6) is -1.39. The summed E-state index contributed by atoms with van der Waals surface area (Å²) in [7, 11) is -2.07. The van der Waals surface area contributed by atoms with E-state index in [9.17, 15) is 13.2 Å². The lowest BCUT2D eigenvalue weighted by molar-refractivity contribution is -0.123. The van der Waals surface area contributed by atoms with Crippen molar-refractivity contribution < 1.29 is 27.1 Å². The van der Waals surface area contributed by atoms with Crippen LogP contribution in [0.3, 0.4) is 0 Å². The highest BCUT2D eigenvalue weighted by atomic mass is 35.5. The molecular formula is C27H33Cl2FN2O5S. The summed E-state index contributed by atoms with van der Waals surface area (Å²) in [6.45, 7) is 2.56. The molecular weight excluding hydrogens is 554 g/mol. The van der Waals surface area contributed by atoms with Gasteiger partial charge in [-0.1, -0.05) is 29.3 Å². The number of piperidine rings is 1. The summed E-state index contributed by atoms with van der Waals surface area (Å²) in [6, 6.07) is 5.55. The van der Waals surface area contributed by atoms with Gasteiger partial charge in [0.25, 0.3) is 0 Å². The Morgan fingerprint density at radius 3 is 2.34 bits per heavy atom. The third kappa shape index (κ3) is 6.55. The molecule has 1 N–H and O–H groups in total. The van der Waals surface area contributed by atoms with Crippen LogP contribution in [0.15, 0.2) is 41.7 Å². The average molecular weight is 588 g/mol. The number of nitrogens with one attached hydrogen (secondary N) is 1. The maximum atomic E-state index is 15.1. The fraction of sp³-hybridized carbons (Fsp3) is 0.593. The van der Waals surface area contributed by atoms with Crippen molar-refractivity contribution in [2.24, 2.45) is 11.8 Å². The molecule has 0 aromatic heterocycles. The number of rotatable bonds is 10. The lowest BCUT2D eigenvalue weighted by atomic mass is 9.89. The molecule has 1 aliphatic heterocycles. The van der Waals surface area contributed by atoms with E-state index < -0.39 is 38.9 Å². The third-order valence-corrected chi connectivity index (χ3v) is 10.1. The van der Waals surface area contributed by atoms with E-state index in [2.05, 4.69) is 9.62 Å². The molecule has 2 saturated carbocycles. The van der Waals surface area contributed by atoms with Crippen LogP contribution in [-0.4, -0.2) is 63.1 Å². The number of methoxy groups -OCH3 is 1. The van der Waals surface area contributed by atoms with Gasteiger partial charge in [-0.15, -0.1) is 0 Å². The predicted octanol–water partition coefficient (Wildman–Crippen LogP) is 4.79. The highest BCUT2D eigenvalue weighted by Crippen LogP contribution is 2.44. The Balaban J connectivity index is 1.20. The largest absolute Gasteiger partial charge is 0.491 e. The summed E-state index contributed by atoms with van der Waals surface area (Å²) < 4.78 is 53.7. The van der Waals surface area contributed by atoms with Gasteiger partial charge in [0.1, 0.15) is 24.1 Å². The van der Waals surface area contributed by atoms with E-state index in [1.54, 1.807) is 19.3 Å². The van der Waals surface area contributed by atoms with Crippen molar-refractivity contribution in [3.63, 3.8) is 0 Å². The van der Waals surface area contributed by atoms with Gasteiger partial charge in [-0.05, 0) is 79.9 Å². The van der Waals surface area contributed by atoms with Gasteiger partial charge in [0.05, 0.1) is 11.2 Å². The first-order valence-electron chi connectivity index (χ1n) is 13.1. The summed E-state index contributed by atoms with van der Waals surface area (Å²) >= 11 is 12.3. The summed E-state index contributed by atoms with van der Waals surface area (Å²) in [5.41, 5.74) is 1.31. The molecule has 2 atom stereocenters. The molecule has 11 heteroatoms. The normalized spacial score (nSPS) is 25.9. The monoisotopic (exact) mass is 586 g/mol. The molecule has 1 amide bonds. The molecule has 1 saturated heterocycles. The van der Waals surface area contributed by atoms with Crippen LogP contribution in [0.2, 0.25) is 10.0 Å². The molecule has 5 rings (SSSR count). The average Bonchev–Trinajstić information content (AvgIpc) is 3.75. The molecule has 1 heterocycles. The minimum atomic E-state index is -3.74. The number of amides is 1. The van der Waals surface area contributed by atoms with Gasteiger partial charge in [-0.3, -0.25) is 14.4 Å². The Morgan fingerprint density at radius 2 is 1.76 bits per heavy atom. The number of hydrogen-bond acceptors (Lipinski definition) is 6. The van der Waals surface area contributed by atoms with Crippen LogP contribution in [0.5, 0.6) is 0 Å². The van der Waals surface area contributed by atoms with Crippen molar-refractivity contribution in [1.29, 1.82) is 0 Å². The molecule has 0 spiro atoms. The lowest BCUT2D eigenvalue weighted by Gasteiger charge is -2.41. The number of carbonyl (C=O) groups excluding carboxylic acids is 1. The van der Waals surface area contributed by atoms with Crippen LogP contribution >= 0.6 is 23.2 Å². The minimum Gasteiger partial charge on any atom is -0.491 e. The van der Waals surface area contributed by atoms with Gasteiger partial charge in [-0.2, -0.15) is 0 Å². The zero-order valence-corrected chi connectivity index (χ0v) is 23.6. The fourth-order valence-corrected chi connectivity index (χ4v) is 7.07. The van der Waals surface area contributed by atoms with E-state index in [4.69, 9.17) is 32.7 Å². The molecule has 208 valence electrons. The first-order chi connectivity index (χ1) is 18.1. The number of ether oxygens (including phenoxy) is 2. The smallest absolute Gasteiger partial charge is 0.243 e. The van der Waals surface area contributed by atoms with Crippen LogP contribution in [0.25, 0.3) is 0 Å². The zero-order chi connectivity index (χ0) is 27.1. The van der Waals surface area contributed by atoms with Crippen LogP contribution in [0.4, 0.5) is 4.39 Å². The van der Waals surface area contributed by atoms with Crippen molar-refractivity contribution in [1.82, 2.24) is 9.62 Å². The standard InChI is InChI=1S/C27H33Cl2FN2O5S/c1-36-27(6-8-32(9-7-27)15-17-10-19(28)12-20(29)11-17)16-37-25-14-24(30)23(13-22(25)18-2-3-18)26(33)31-38(34,35)21-4-5-21/h10-14,18,21,23-24H,2-9,15-16H2,1H3,(H,31,33). The van der Waals surface area contributed by atoms with E-state index in [0.29, 0.717) is 28.6 Å². The van der Waals surface area contributed by atoms with Gasteiger partial charge in [-0.25, -0.2) is 12.8 Å². The van der Waals surface area contributed by atoms with Crippen molar-refractivity contribution in [3.05, 3.63) is 57.3 Å².